The number of pyridine rings is 1. The first kappa shape index (κ1) is 24.1. The Morgan fingerprint density at radius 3 is 2.72 bits per heavy atom. The molecule has 1 aliphatic rings. The van der Waals surface area contributed by atoms with E-state index in [1.807, 2.05) is 31.3 Å². The monoisotopic (exact) mass is 500 g/mol. The molecular weight excluding hydrogens is 472 g/mol. The lowest BCUT2D eigenvalue weighted by Crippen LogP contribution is -2.35. The molecule has 0 radical (unpaired) electrons. The Morgan fingerprint density at radius 2 is 1.94 bits per heavy atom. The predicted octanol–water partition coefficient (Wildman–Crippen LogP) is 4.69. The van der Waals surface area contributed by atoms with Crippen molar-refractivity contribution in [3.05, 3.63) is 88.7 Å². The van der Waals surface area contributed by atoms with Crippen molar-refractivity contribution in [3.63, 3.8) is 0 Å². The standard InChI is InChI=1S/C28H28N4O3S/c1-19-5-6-21(28-31-16-23(36-28)17-32-10-12-34-13-11-32)15-24(19)25-14-20(27(29)33)7-8-26(25)35-18-22-4-2-3-9-30-22/h2-9,14-16H,10-13,17-18H2,1H3,(H2,29,33). The maximum atomic E-state index is 12.0. The van der Waals surface area contributed by atoms with Gasteiger partial charge >= 0.3 is 0 Å². The number of hydrogen-bond acceptors (Lipinski definition) is 7. The zero-order chi connectivity index (χ0) is 24.9. The Morgan fingerprint density at radius 1 is 1.08 bits per heavy atom. The number of nitrogens with zero attached hydrogens (tertiary/aromatic N) is 3. The summed E-state index contributed by atoms with van der Waals surface area (Å²) in [6.45, 7) is 6.69. The summed E-state index contributed by atoms with van der Waals surface area (Å²) in [5.41, 5.74) is 10.7. The fourth-order valence-corrected chi connectivity index (χ4v) is 5.14. The first-order chi connectivity index (χ1) is 17.6. The molecule has 1 saturated heterocycles. The number of ether oxygens (including phenoxy) is 2. The zero-order valence-electron chi connectivity index (χ0n) is 20.1. The average Bonchev–Trinajstić information content (AvgIpc) is 3.37. The summed E-state index contributed by atoms with van der Waals surface area (Å²) in [4.78, 5) is 24.6. The minimum atomic E-state index is -0.478. The Labute approximate surface area is 214 Å². The zero-order valence-corrected chi connectivity index (χ0v) is 21.0. The lowest BCUT2D eigenvalue weighted by atomic mass is 9.95. The number of hydrogen-bond donors (Lipinski definition) is 1. The first-order valence-corrected chi connectivity index (χ1v) is 12.7. The van der Waals surface area contributed by atoms with Crippen LogP contribution in [0.5, 0.6) is 5.75 Å². The molecule has 2 aromatic carbocycles. The van der Waals surface area contributed by atoms with E-state index in [9.17, 15) is 4.79 Å². The molecule has 2 aromatic heterocycles. The highest BCUT2D eigenvalue weighted by Gasteiger charge is 2.16. The van der Waals surface area contributed by atoms with Crippen molar-refractivity contribution in [3.8, 4) is 27.4 Å². The second kappa shape index (κ2) is 11.0. The largest absolute Gasteiger partial charge is 0.487 e. The van der Waals surface area contributed by atoms with Crippen LogP contribution in [0.4, 0.5) is 0 Å². The van der Waals surface area contributed by atoms with Crippen LogP contribution in [0.15, 0.2) is 67.0 Å². The van der Waals surface area contributed by atoms with Crippen LogP contribution in [-0.2, 0) is 17.9 Å². The van der Waals surface area contributed by atoms with E-state index >= 15 is 0 Å². The maximum Gasteiger partial charge on any atom is 0.248 e. The molecule has 0 unspecified atom stereocenters. The number of aryl methyl sites for hydroxylation is 1. The van der Waals surface area contributed by atoms with Gasteiger partial charge in [-0.3, -0.25) is 14.7 Å². The summed E-state index contributed by atoms with van der Waals surface area (Å²) in [7, 11) is 0. The molecule has 0 saturated carbocycles. The van der Waals surface area contributed by atoms with Crippen LogP contribution in [0.1, 0.15) is 26.5 Å². The van der Waals surface area contributed by atoms with Crippen molar-refractivity contribution >= 4 is 17.2 Å². The van der Waals surface area contributed by atoms with E-state index in [-0.39, 0.29) is 0 Å². The molecule has 1 fully saturated rings. The molecule has 2 N–H and O–H groups in total. The molecule has 1 aliphatic heterocycles. The molecule has 3 heterocycles. The molecule has 8 heteroatoms. The molecule has 0 atom stereocenters. The SMILES string of the molecule is Cc1ccc(-c2ncc(CN3CCOCC3)s2)cc1-c1cc(C(N)=O)ccc1OCc1ccccn1. The van der Waals surface area contributed by atoms with E-state index in [1.54, 1.807) is 35.7 Å². The number of thiazole rings is 1. The number of primary amides is 1. The molecular formula is C28H28N4O3S. The van der Waals surface area contributed by atoms with Gasteiger partial charge in [0.25, 0.3) is 0 Å². The van der Waals surface area contributed by atoms with Gasteiger partial charge in [-0.2, -0.15) is 0 Å². The Bertz CT molecular complexity index is 1350. The van der Waals surface area contributed by atoms with Crippen LogP contribution in [-0.4, -0.2) is 47.1 Å². The second-order valence-electron chi connectivity index (χ2n) is 8.73. The van der Waals surface area contributed by atoms with Crippen LogP contribution in [0.3, 0.4) is 0 Å². The van der Waals surface area contributed by atoms with Crippen molar-refractivity contribution in [2.45, 2.75) is 20.1 Å². The third-order valence-corrected chi connectivity index (χ3v) is 7.21. The van der Waals surface area contributed by atoms with Gasteiger partial charge in [0.1, 0.15) is 17.4 Å². The summed E-state index contributed by atoms with van der Waals surface area (Å²) >= 11 is 1.70. The lowest BCUT2D eigenvalue weighted by Gasteiger charge is -2.25. The Balaban J connectivity index is 1.45. The summed E-state index contributed by atoms with van der Waals surface area (Å²) in [6.07, 6.45) is 3.70. The van der Waals surface area contributed by atoms with Crippen molar-refractivity contribution < 1.29 is 14.3 Å². The quantitative estimate of drug-likeness (QED) is 0.377. The minimum Gasteiger partial charge on any atom is -0.487 e. The van der Waals surface area contributed by atoms with E-state index in [1.165, 1.54) is 4.88 Å². The fourth-order valence-electron chi connectivity index (χ4n) is 4.19. The van der Waals surface area contributed by atoms with Gasteiger partial charge in [0.15, 0.2) is 0 Å². The van der Waals surface area contributed by atoms with Crippen LogP contribution >= 0.6 is 11.3 Å². The van der Waals surface area contributed by atoms with Crippen molar-refractivity contribution in [1.29, 1.82) is 0 Å². The number of morpholine rings is 1. The number of amides is 1. The van der Waals surface area contributed by atoms with E-state index < -0.39 is 5.91 Å². The van der Waals surface area contributed by atoms with E-state index in [2.05, 4.69) is 28.1 Å². The van der Waals surface area contributed by atoms with Gasteiger partial charge in [-0.25, -0.2) is 4.98 Å². The van der Waals surface area contributed by atoms with E-state index in [0.29, 0.717) is 17.9 Å². The number of aromatic nitrogens is 2. The van der Waals surface area contributed by atoms with Crippen LogP contribution < -0.4 is 10.5 Å². The Hall–Kier alpha value is -3.59. The van der Waals surface area contributed by atoms with Gasteiger partial charge in [-0.15, -0.1) is 11.3 Å². The topological polar surface area (TPSA) is 90.6 Å². The number of benzene rings is 2. The fraction of sp³-hybridized carbons (Fsp3) is 0.250. The molecule has 0 bridgehead atoms. The lowest BCUT2D eigenvalue weighted by molar-refractivity contribution is 0.0346. The minimum absolute atomic E-state index is 0.319. The molecule has 5 rings (SSSR count). The molecule has 184 valence electrons. The molecule has 4 aromatic rings. The number of rotatable bonds is 8. The number of carbonyl (C=O) groups excluding carboxylic acids is 1. The average molecular weight is 501 g/mol. The first-order valence-electron chi connectivity index (χ1n) is 11.9. The molecule has 7 nitrogen and oxygen atoms in total. The molecule has 0 aliphatic carbocycles. The smallest absolute Gasteiger partial charge is 0.248 e. The van der Waals surface area contributed by atoms with Gasteiger partial charge in [0, 0.05) is 53.6 Å². The van der Waals surface area contributed by atoms with Gasteiger partial charge in [-0.05, 0) is 54.4 Å². The second-order valence-corrected chi connectivity index (χ2v) is 9.85. The van der Waals surface area contributed by atoms with Crippen molar-refractivity contribution in [1.82, 2.24) is 14.9 Å². The highest BCUT2D eigenvalue weighted by Crippen LogP contribution is 2.37. The normalized spacial score (nSPS) is 14.0. The summed E-state index contributed by atoms with van der Waals surface area (Å²) in [6, 6.07) is 17.3. The summed E-state index contributed by atoms with van der Waals surface area (Å²) in [5.74, 6) is 0.187. The highest BCUT2D eigenvalue weighted by atomic mass is 32.1. The van der Waals surface area contributed by atoms with Gasteiger partial charge in [0.2, 0.25) is 5.91 Å². The molecule has 1 amide bonds. The number of carbonyl (C=O) groups is 1. The maximum absolute atomic E-state index is 12.0. The van der Waals surface area contributed by atoms with Gasteiger partial charge in [-0.1, -0.05) is 18.2 Å². The summed E-state index contributed by atoms with van der Waals surface area (Å²) in [5, 5.41) is 0.960. The van der Waals surface area contributed by atoms with Crippen LogP contribution in [0.2, 0.25) is 0 Å². The van der Waals surface area contributed by atoms with Crippen molar-refractivity contribution in [2.75, 3.05) is 26.3 Å². The van der Waals surface area contributed by atoms with E-state index in [4.69, 9.17) is 20.2 Å². The summed E-state index contributed by atoms with van der Waals surface area (Å²) < 4.78 is 11.6. The predicted molar refractivity (Wildman–Crippen MR) is 141 cm³/mol. The third kappa shape index (κ3) is 5.62. The van der Waals surface area contributed by atoms with Gasteiger partial charge in [0.05, 0.1) is 18.9 Å². The van der Waals surface area contributed by atoms with E-state index in [0.717, 1.165) is 65.8 Å². The van der Waals surface area contributed by atoms with Crippen LogP contribution in [0, 0.1) is 6.92 Å². The van der Waals surface area contributed by atoms with Crippen LogP contribution in [0.25, 0.3) is 21.7 Å². The third-order valence-electron chi connectivity index (χ3n) is 6.18. The van der Waals surface area contributed by atoms with Crippen molar-refractivity contribution in [2.24, 2.45) is 5.73 Å². The number of nitrogens with two attached hydrogens (primary N) is 1. The molecule has 36 heavy (non-hydrogen) atoms. The Kier molecular flexibility index (Phi) is 7.36. The van der Waals surface area contributed by atoms with Gasteiger partial charge < -0.3 is 15.2 Å². The highest BCUT2D eigenvalue weighted by molar-refractivity contribution is 7.15. The molecule has 0 spiro atoms.